The minimum absolute atomic E-state index is 0.0178. The zero-order valence-electron chi connectivity index (χ0n) is 30.1. The number of aliphatic hydroxyl groups is 1. The second kappa shape index (κ2) is 12.8. The molecule has 2 aliphatic heterocycles. The lowest BCUT2D eigenvalue weighted by molar-refractivity contribution is -0.176. The Kier molecular flexibility index (Phi) is 9.52. The Hall–Kier alpha value is -3.84. The van der Waals surface area contributed by atoms with E-state index in [0.29, 0.717) is 25.1 Å². The Bertz CT molecular complexity index is 1540. The lowest BCUT2D eigenvalue weighted by atomic mass is 9.50. The van der Waals surface area contributed by atoms with Crippen molar-refractivity contribution in [2.45, 2.75) is 135 Å². The lowest BCUT2D eigenvalue weighted by Crippen LogP contribution is -2.74. The largest absolute Gasteiger partial charge is 0.514 e. The molecule has 2 aliphatic carbocycles. The van der Waals surface area contributed by atoms with Crippen molar-refractivity contribution >= 4 is 24.2 Å². The van der Waals surface area contributed by atoms with Gasteiger partial charge in [-0.05, 0) is 105 Å². The van der Waals surface area contributed by atoms with Crippen molar-refractivity contribution in [2.24, 2.45) is 5.92 Å². The van der Waals surface area contributed by atoms with Crippen LogP contribution < -0.4 is 14.8 Å². The molecule has 1 aromatic carbocycles. The van der Waals surface area contributed by atoms with Crippen LogP contribution in [0, 0.1) is 5.92 Å². The van der Waals surface area contributed by atoms with Gasteiger partial charge in [-0.2, -0.15) is 0 Å². The van der Waals surface area contributed by atoms with Crippen molar-refractivity contribution in [1.29, 1.82) is 0 Å². The van der Waals surface area contributed by atoms with Gasteiger partial charge in [0.1, 0.15) is 23.0 Å². The summed E-state index contributed by atoms with van der Waals surface area (Å²) in [6.07, 6.45) is -0.857. The third-order valence-corrected chi connectivity index (χ3v) is 9.45. The molecule has 13 heteroatoms. The van der Waals surface area contributed by atoms with Gasteiger partial charge in [-0.1, -0.05) is 19.9 Å². The van der Waals surface area contributed by atoms with E-state index >= 15 is 0 Å². The molecule has 1 fully saturated rings. The fourth-order valence-electron chi connectivity index (χ4n) is 7.51. The number of hydrogen-bond acceptors (Lipinski definition) is 12. The van der Waals surface area contributed by atoms with E-state index in [1.165, 1.54) is 6.92 Å². The summed E-state index contributed by atoms with van der Waals surface area (Å²) >= 11 is 0. The molecule has 4 aliphatic rings. The van der Waals surface area contributed by atoms with Crippen LogP contribution in [0.1, 0.15) is 92.7 Å². The maximum atomic E-state index is 13.5. The Morgan fingerprint density at radius 3 is 2.33 bits per heavy atom. The summed E-state index contributed by atoms with van der Waals surface area (Å²) in [4.78, 5) is 54.0. The number of rotatable bonds is 8. The second-order valence-corrected chi connectivity index (χ2v) is 16.0. The molecule has 0 radical (unpaired) electrons. The van der Waals surface area contributed by atoms with Crippen LogP contribution in [0.5, 0.6) is 11.5 Å². The van der Waals surface area contributed by atoms with Crippen LogP contribution >= 0.6 is 0 Å². The number of nitrogens with one attached hydrogen (secondary N) is 1. The summed E-state index contributed by atoms with van der Waals surface area (Å²) < 4.78 is 34.3. The monoisotopic (exact) mass is 686 g/mol. The van der Waals surface area contributed by atoms with Gasteiger partial charge in [-0.15, -0.1) is 0 Å². The zero-order valence-corrected chi connectivity index (χ0v) is 30.1. The van der Waals surface area contributed by atoms with Crippen LogP contribution in [0.2, 0.25) is 0 Å². The molecule has 270 valence electrons. The summed E-state index contributed by atoms with van der Waals surface area (Å²) in [6.45, 7) is 16.1. The smallest absolute Gasteiger partial charge is 0.477 e. The quantitative estimate of drug-likeness (QED) is 0.221. The van der Waals surface area contributed by atoms with Gasteiger partial charge in [0.15, 0.2) is 23.7 Å². The number of esters is 2. The summed E-state index contributed by atoms with van der Waals surface area (Å²) in [5.74, 6) is -1.05. The van der Waals surface area contributed by atoms with E-state index in [1.807, 2.05) is 27.0 Å². The van der Waals surface area contributed by atoms with E-state index in [9.17, 15) is 24.3 Å². The summed E-state index contributed by atoms with van der Waals surface area (Å²) in [5.41, 5.74) is -2.17. The van der Waals surface area contributed by atoms with Gasteiger partial charge in [0.2, 0.25) is 0 Å². The van der Waals surface area contributed by atoms with Crippen molar-refractivity contribution in [3.63, 3.8) is 0 Å². The van der Waals surface area contributed by atoms with E-state index in [2.05, 4.69) is 10.2 Å². The topological polar surface area (TPSA) is 159 Å². The SMILES string of the molecule is CC(C)C[C@H](NC(=O)OC(C)(C)C)C(=O)O[C@@H](C)C(=O)OC1=CC[C@@]2(O)[C@@H]3Cc4ccc(OC(=O)OC(C)(C)C)c5c4[C@@]2(CCN3C)[C@H]1O5. The fraction of sp³-hybridized carbons (Fsp3) is 0.667. The molecular formula is C36H50N2O11. The number of carbonyl (C=O) groups is 4. The predicted molar refractivity (Wildman–Crippen MR) is 176 cm³/mol. The number of benzene rings is 1. The van der Waals surface area contributed by atoms with Gasteiger partial charge < -0.3 is 43.7 Å². The first kappa shape index (κ1) is 36.4. The van der Waals surface area contributed by atoms with Gasteiger partial charge in [0.05, 0.1) is 11.0 Å². The highest BCUT2D eigenvalue weighted by Gasteiger charge is 2.72. The number of alkyl carbamates (subject to hydrolysis) is 1. The minimum Gasteiger partial charge on any atom is -0.477 e. The molecule has 0 saturated carbocycles. The average molecular weight is 687 g/mol. The number of likely N-dealkylation sites (N-methyl/N-ethyl adjacent to an activating group) is 1. The van der Waals surface area contributed by atoms with E-state index in [4.69, 9.17) is 28.4 Å². The number of ether oxygens (including phenoxy) is 6. The van der Waals surface area contributed by atoms with E-state index < -0.39 is 64.7 Å². The molecule has 49 heavy (non-hydrogen) atoms. The molecule has 2 bridgehead atoms. The summed E-state index contributed by atoms with van der Waals surface area (Å²) in [5, 5.41) is 15.1. The fourth-order valence-corrected chi connectivity index (χ4v) is 7.51. The maximum Gasteiger partial charge on any atom is 0.514 e. The summed E-state index contributed by atoms with van der Waals surface area (Å²) in [7, 11) is 1.98. The van der Waals surface area contributed by atoms with E-state index in [0.717, 1.165) is 11.1 Å². The highest BCUT2D eigenvalue weighted by atomic mass is 16.7. The van der Waals surface area contributed by atoms with Crippen molar-refractivity contribution < 1.29 is 52.7 Å². The molecular weight excluding hydrogens is 636 g/mol. The highest BCUT2D eigenvalue weighted by molar-refractivity contribution is 5.85. The van der Waals surface area contributed by atoms with Gasteiger partial charge >= 0.3 is 24.2 Å². The van der Waals surface area contributed by atoms with Crippen LogP contribution in [0.15, 0.2) is 24.0 Å². The number of carbonyl (C=O) groups excluding carboxylic acids is 4. The van der Waals surface area contributed by atoms with Crippen LogP contribution in [-0.2, 0) is 40.4 Å². The third kappa shape index (κ3) is 6.96. The second-order valence-electron chi connectivity index (χ2n) is 16.0. The molecule has 0 unspecified atom stereocenters. The van der Waals surface area contributed by atoms with Crippen molar-refractivity contribution in [2.75, 3.05) is 13.6 Å². The molecule has 1 aromatic rings. The van der Waals surface area contributed by atoms with Crippen LogP contribution in [0.25, 0.3) is 0 Å². The number of piperidine rings is 1. The van der Waals surface area contributed by atoms with Gasteiger partial charge in [-0.3, -0.25) is 0 Å². The molecule has 0 aromatic heterocycles. The molecule has 1 amide bonds. The number of nitrogens with zero attached hydrogens (tertiary/aromatic N) is 1. The third-order valence-electron chi connectivity index (χ3n) is 9.45. The standard InChI is InChI=1S/C36H50N2O11/c1-19(2)17-22(37-31(41)48-33(4,5)6)30(40)44-20(3)29(39)45-24-13-14-36(43)25-18-21-11-12-23(46-32(42)49-34(7,8)9)27-26(21)35(36,28(24)47-27)15-16-38(25)10/h11-13,19-20,22,25,28,43H,14-18H2,1-10H3,(H,37,41)/t20-,22-,25-,28-,35-,36+/m0/s1. The first-order chi connectivity index (χ1) is 22.6. The van der Waals surface area contributed by atoms with E-state index in [1.54, 1.807) is 53.7 Å². The number of hydrogen-bond donors (Lipinski definition) is 2. The number of amides is 1. The molecule has 2 heterocycles. The zero-order chi connectivity index (χ0) is 36.3. The average Bonchev–Trinajstić information content (AvgIpc) is 3.31. The normalized spacial score (nSPS) is 26.7. The first-order valence-corrected chi connectivity index (χ1v) is 16.9. The predicted octanol–water partition coefficient (Wildman–Crippen LogP) is 4.69. The first-order valence-electron chi connectivity index (χ1n) is 16.9. The van der Waals surface area contributed by atoms with Gasteiger partial charge in [0.25, 0.3) is 0 Å². The Morgan fingerprint density at radius 1 is 1.02 bits per heavy atom. The number of likely N-dealkylation sites (tertiary alicyclic amines) is 1. The van der Waals surface area contributed by atoms with Gasteiger partial charge in [0, 0.05) is 18.0 Å². The van der Waals surface area contributed by atoms with Crippen molar-refractivity contribution in [3.8, 4) is 11.5 Å². The molecule has 2 N–H and O–H groups in total. The van der Waals surface area contributed by atoms with Crippen molar-refractivity contribution in [1.82, 2.24) is 10.2 Å². The Labute approximate surface area is 287 Å². The molecule has 1 spiro atoms. The Balaban J connectivity index is 1.39. The lowest BCUT2D eigenvalue weighted by Gasteiger charge is -2.61. The molecule has 13 nitrogen and oxygen atoms in total. The van der Waals surface area contributed by atoms with E-state index in [-0.39, 0.29) is 36.3 Å². The van der Waals surface area contributed by atoms with Crippen LogP contribution in [0.3, 0.4) is 0 Å². The highest BCUT2D eigenvalue weighted by Crippen LogP contribution is 2.65. The van der Waals surface area contributed by atoms with Gasteiger partial charge in [-0.25, -0.2) is 19.2 Å². The minimum atomic E-state index is -1.34. The Morgan fingerprint density at radius 2 is 1.69 bits per heavy atom. The van der Waals surface area contributed by atoms with Crippen molar-refractivity contribution in [3.05, 3.63) is 35.1 Å². The van der Waals surface area contributed by atoms with Crippen LogP contribution in [-0.4, -0.2) is 88.9 Å². The molecule has 6 atom stereocenters. The van der Waals surface area contributed by atoms with Crippen LogP contribution in [0.4, 0.5) is 9.59 Å². The maximum absolute atomic E-state index is 13.5. The molecule has 1 saturated heterocycles. The summed E-state index contributed by atoms with van der Waals surface area (Å²) in [6, 6.07) is 2.23. The molecule has 5 rings (SSSR count).